The number of methoxy groups -OCH3 is 1. The van der Waals surface area contributed by atoms with Crippen molar-refractivity contribution < 1.29 is 4.74 Å². The Morgan fingerprint density at radius 2 is 2.45 bits per heavy atom. The Kier molecular flexibility index (Phi) is 2.74. The van der Waals surface area contributed by atoms with Crippen LogP contribution in [0.3, 0.4) is 0 Å². The van der Waals surface area contributed by atoms with Gasteiger partial charge in [0.25, 0.3) is 0 Å². The van der Waals surface area contributed by atoms with E-state index in [1.807, 2.05) is 0 Å². The molecule has 2 N–H and O–H groups in total. The van der Waals surface area contributed by atoms with E-state index in [1.54, 1.807) is 19.2 Å². The predicted octanol–water partition coefficient (Wildman–Crippen LogP) is 1.61. The molecule has 0 atom stereocenters. The minimum Gasteiger partial charge on any atom is -0.497 e. The minimum atomic E-state index is 0.409. The number of benzene rings is 1. The maximum absolute atomic E-state index is 5.76. The Labute approximate surface area is 70.9 Å². The van der Waals surface area contributed by atoms with Crippen molar-refractivity contribution in [3.63, 3.8) is 0 Å². The van der Waals surface area contributed by atoms with E-state index in [0.29, 0.717) is 11.6 Å². The largest absolute Gasteiger partial charge is 0.497 e. The fourth-order valence-electron chi connectivity index (χ4n) is 0.770. The van der Waals surface area contributed by atoms with Crippen molar-refractivity contribution >= 4 is 11.6 Å². The van der Waals surface area contributed by atoms with Crippen LogP contribution in [0.4, 0.5) is 0 Å². The highest BCUT2D eigenvalue weighted by molar-refractivity contribution is 6.31. The van der Waals surface area contributed by atoms with Gasteiger partial charge >= 0.3 is 0 Å². The van der Waals surface area contributed by atoms with E-state index in [0.717, 1.165) is 11.3 Å². The highest BCUT2D eigenvalue weighted by Crippen LogP contribution is 2.20. The van der Waals surface area contributed by atoms with E-state index in [4.69, 9.17) is 22.1 Å². The third-order valence-corrected chi connectivity index (χ3v) is 1.75. The van der Waals surface area contributed by atoms with E-state index in [9.17, 15) is 0 Å². The van der Waals surface area contributed by atoms with Crippen LogP contribution in [0.1, 0.15) is 5.56 Å². The number of halogens is 1. The van der Waals surface area contributed by atoms with Gasteiger partial charge in [0.1, 0.15) is 5.75 Å². The van der Waals surface area contributed by atoms with Gasteiger partial charge in [0, 0.05) is 12.6 Å². The molecule has 0 amide bonds. The summed E-state index contributed by atoms with van der Waals surface area (Å²) in [5.41, 5.74) is 6.27. The molecule has 2 nitrogen and oxygen atoms in total. The zero-order chi connectivity index (χ0) is 8.27. The lowest BCUT2D eigenvalue weighted by molar-refractivity contribution is 0.414. The molecule has 0 heterocycles. The zero-order valence-corrected chi connectivity index (χ0v) is 6.98. The topological polar surface area (TPSA) is 35.2 Å². The summed E-state index contributed by atoms with van der Waals surface area (Å²) in [6.45, 7) is 0.409. The van der Waals surface area contributed by atoms with Crippen LogP contribution in [0.15, 0.2) is 12.1 Å². The van der Waals surface area contributed by atoms with E-state index in [2.05, 4.69) is 6.07 Å². The first-order valence-corrected chi connectivity index (χ1v) is 3.60. The average molecular weight is 171 g/mol. The highest BCUT2D eigenvalue weighted by atomic mass is 35.5. The Bertz CT molecular complexity index is 250. The van der Waals surface area contributed by atoms with Crippen LogP contribution in [0, 0.1) is 6.07 Å². The van der Waals surface area contributed by atoms with E-state index < -0.39 is 0 Å². The van der Waals surface area contributed by atoms with Gasteiger partial charge in [-0.1, -0.05) is 11.6 Å². The molecule has 0 spiro atoms. The molecule has 0 bridgehead atoms. The third-order valence-electron chi connectivity index (χ3n) is 1.40. The normalized spacial score (nSPS) is 9.73. The highest BCUT2D eigenvalue weighted by Gasteiger charge is 1.99. The zero-order valence-electron chi connectivity index (χ0n) is 6.23. The molecule has 0 aliphatic heterocycles. The van der Waals surface area contributed by atoms with E-state index >= 15 is 0 Å². The van der Waals surface area contributed by atoms with Crippen LogP contribution in [0.5, 0.6) is 5.75 Å². The lowest BCUT2D eigenvalue weighted by Crippen LogP contribution is -1.97. The van der Waals surface area contributed by atoms with Crippen LogP contribution < -0.4 is 10.5 Å². The smallest absolute Gasteiger partial charge is 0.119 e. The van der Waals surface area contributed by atoms with Crippen molar-refractivity contribution in [1.82, 2.24) is 0 Å². The van der Waals surface area contributed by atoms with Gasteiger partial charge in [0.15, 0.2) is 0 Å². The van der Waals surface area contributed by atoms with Crippen LogP contribution in [0.2, 0.25) is 5.02 Å². The van der Waals surface area contributed by atoms with Crippen LogP contribution in [0.25, 0.3) is 0 Å². The predicted molar refractivity (Wildman–Crippen MR) is 44.7 cm³/mol. The summed E-state index contributed by atoms with van der Waals surface area (Å²) in [6, 6.07) is 6.32. The van der Waals surface area contributed by atoms with Gasteiger partial charge in [0.2, 0.25) is 0 Å². The SMILES string of the molecule is COc1c[c]c(Cl)c(CN)c1. The fourth-order valence-corrected chi connectivity index (χ4v) is 0.957. The first kappa shape index (κ1) is 8.37. The molecule has 0 unspecified atom stereocenters. The van der Waals surface area contributed by atoms with Crippen molar-refractivity contribution in [3.8, 4) is 5.75 Å². The standard InChI is InChI=1S/C8H9ClNO/c1-11-7-2-3-8(9)6(4-7)5-10/h2,4H,5,10H2,1H3. The molecule has 1 aromatic carbocycles. The van der Waals surface area contributed by atoms with Crippen LogP contribution in [-0.2, 0) is 6.54 Å². The van der Waals surface area contributed by atoms with Gasteiger partial charge in [0.05, 0.1) is 12.1 Å². The molecule has 1 radical (unpaired) electrons. The Morgan fingerprint density at radius 1 is 1.73 bits per heavy atom. The lowest BCUT2D eigenvalue weighted by atomic mass is 10.2. The average Bonchev–Trinajstić information content (AvgIpc) is 2.05. The lowest BCUT2D eigenvalue weighted by Gasteiger charge is -2.03. The van der Waals surface area contributed by atoms with Crippen molar-refractivity contribution in [2.75, 3.05) is 7.11 Å². The quantitative estimate of drug-likeness (QED) is 0.732. The summed E-state index contributed by atoms with van der Waals surface area (Å²) in [5, 5.41) is 0.563. The molecule has 3 heteroatoms. The fraction of sp³-hybridized carbons (Fsp3) is 0.250. The molecule has 11 heavy (non-hydrogen) atoms. The first-order valence-electron chi connectivity index (χ1n) is 3.22. The van der Waals surface area contributed by atoms with Crippen molar-refractivity contribution in [1.29, 1.82) is 0 Å². The summed E-state index contributed by atoms with van der Waals surface area (Å²) in [5.74, 6) is 0.731. The Hall–Kier alpha value is -0.730. The molecule has 0 aliphatic carbocycles. The van der Waals surface area contributed by atoms with Crippen molar-refractivity contribution in [3.05, 3.63) is 28.8 Å². The van der Waals surface area contributed by atoms with Gasteiger partial charge in [-0.25, -0.2) is 0 Å². The van der Waals surface area contributed by atoms with Gasteiger partial charge in [-0.05, 0) is 17.7 Å². The van der Waals surface area contributed by atoms with Gasteiger partial charge < -0.3 is 10.5 Å². The van der Waals surface area contributed by atoms with Crippen LogP contribution >= 0.6 is 11.6 Å². The van der Waals surface area contributed by atoms with Gasteiger partial charge in [-0.2, -0.15) is 0 Å². The molecule has 1 aromatic rings. The summed E-state index contributed by atoms with van der Waals surface area (Å²) >= 11 is 5.76. The number of ether oxygens (including phenoxy) is 1. The molecular weight excluding hydrogens is 162 g/mol. The summed E-state index contributed by atoms with van der Waals surface area (Å²) in [4.78, 5) is 0. The number of hydrogen-bond acceptors (Lipinski definition) is 2. The second-order valence-electron chi connectivity index (χ2n) is 2.08. The molecule has 0 aromatic heterocycles. The first-order chi connectivity index (χ1) is 5.27. The second-order valence-corrected chi connectivity index (χ2v) is 2.46. The van der Waals surface area contributed by atoms with Crippen molar-refractivity contribution in [2.45, 2.75) is 6.54 Å². The number of nitrogens with two attached hydrogens (primary N) is 1. The van der Waals surface area contributed by atoms with E-state index in [-0.39, 0.29) is 0 Å². The molecule has 0 fully saturated rings. The molecule has 59 valence electrons. The van der Waals surface area contributed by atoms with Crippen LogP contribution in [-0.4, -0.2) is 7.11 Å². The third kappa shape index (κ3) is 1.85. The van der Waals surface area contributed by atoms with E-state index in [1.165, 1.54) is 0 Å². The van der Waals surface area contributed by atoms with Crippen molar-refractivity contribution in [2.24, 2.45) is 5.73 Å². The summed E-state index contributed by atoms with van der Waals surface area (Å²) < 4.78 is 4.97. The molecular formula is C8H9ClNO. The minimum absolute atomic E-state index is 0.409. The second kappa shape index (κ2) is 3.60. The van der Waals surface area contributed by atoms with Gasteiger partial charge in [-0.3, -0.25) is 0 Å². The number of rotatable bonds is 2. The summed E-state index contributed by atoms with van der Waals surface area (Å²) in [7, 11) is 1.59. The molecule has 0 saturated heterocycles. The molecule has 0 aliphatic rings. The van der Waals surface area contributed by atoms with Gasteiger partial charge in [-0.15, -0.1) is 0 Å². The summed E-state index contributed by atoms with van der Waals surface area (Å²) in [6.07, 6.45) is 0. The Balaban J connectivity index is 3.02. The monoisotopic (exact) mass is 170 g/mol. The molecule has 0 saturated carbocycles. The number of hydrogen-bond donors (Lipinski definition) is 1. The molecule has 1 rings (SSSR count). The maximum Gasteiger partial charge on any atom is 0.119 e. The Morgan fingerprint density at radius 3 is 3.00 bits per heavy atom. The maximum atomic E-state index is 5.76.